The molecule has 0 aliphatic heterocycles. The van der Waals surface area contributed by atoms with Gasteiger partial charge in [0.15, 0.2) is 0 Å². The fraction of sp³-hybridized carbons (Fsp3) is 0.885. The van der Waals surface area contributed by atoms with Crippen molar-refractivity contribution in [1.29, 1.82) is 0 Å². The minimum absolute atomic E-state index is 0.241. The van der Waals surface area contributed by atoms with E-state index in [0.29, 0.717) is 6.42 Å². The van der Waals surface area contributed by atoms with Crippen molar-refractivity contribution in [3.63, 3.8) is 0 Å². The first-order chi connectivity index (χ1) is 14.2. The maximum atomic E-state index is 11.9. The Morgan fingerprint density at radius 2 is 1.24 bits per heavy atom. The van der Waals surface area contributed by atoms with Gasteiger partial charge in [-0.1, -0.05) is 84.3 Å². The van der Waals surface area contributed by atoms with Gasteiger partial charge in [-0.3, -0.25) is 4.79 Å². The van der Waals surface area contributed by atoms with Gasteiger partial charge in [0.1, 0.15) is 0 Å². The molecule has 0 aliphatic rings. The van der Waals surface area contributed by atoms with E-state index in [2.05, 4.69) is 43.1 Å². The molecule has 0 saturated heterocycles. The number of allylic oxidation sites excluding steroid dienone is 2. The van der Waals surface area contributed by atoms with Crippen molar-refractivity contribution in [3.05, 3.63) is 12.2 Å². The molecule has 0 aliphatic carbocycles. The number of hydrogen-bond donors (Lipinski definition) is 1. The number of amides is 1. The Morgan fingerprint density at radius 3 is 1.83 bits per heavy atom. The summed E-state index contributed by atoms with van der Waals surface area (Å²) in [6.45, 7) is 10.9. The summed E-state index contributed by atoms with van der Waals surface area (Å²) in [6.07, 6.45) is 24.6. The summed E-state index contributed by atoms with van der Waals surface area (Å²) in [5.74, 6) is 0.241. The van der Waals surface area contributed by atoms with Crippen LogP contribution < -0.4 is 5.32 Å². The van der Waals surface area contributed by atoms with E-state index in [1.807, 2.05) is 0 Å². The van der Waals surface area contributed by atoms with Crippen molar-refractivity contribution >= 4 is 5.91 Å². The molecular weight excluding hydrogens is 356 g/mol. The number of nitrogens with one attached hydrogen (secondary N) is 1. The van der Waals surface area contributed by atoms with Crippen molar-refractivity contribution in [2.45, 2.75) is 124 Å². The van der Waals surface area contributed by atoms with Crippen LogP contribution in [-0.2, 0) is 4.79 Å². The van der Waals surface area contributed by atoms with E-state index in [1.165, 1.54) is 83.5 Å². The van der Waals surface area contributed by atoms with Crippen LogP contribution >= 0.6 is 0 Å². The highest BCUT2D eigenvalue weighted by molar-refractivity contribution is 5.75. The molecule has 0 aromatic heterocycles. The molecule has 0 bridgehead atoms. The van der Waals surface area contributed by atoms with Gasteiger partial charge in [0.05, 0.1) is 0 Å². The first-order valence-electron chi connectivity index (χ1n) is 12.9. The van der Waals surface area contributed by atoms with Crippen LogP contribution in [0.3, 0.4) is 0 Å². The zero-order valence-electron chi connectivity index (χ0n) is 20.2. The maximum Gasteiger partial charge on any atom is 0.219 e. The number of carbonyl (C=O) groups is 1. The van der Waals surface area contributed by atoms with Crippen LogP contribution in [0.2, 0.25) is 0 Å². The third-order valence-electron chi connectivity index (χ3n) is 5.78. The lowest BCUT2D eigenvalue weighted by Gasteiger charge is -2.17. The molecule has 0 aromatic rings. The van der Waals surface area contributed by atoms with E-state index in [9.17, 15) is 4.79 Å². The fourth-order valence-corrected chi connectivity index (χ4v) is 3.67. The molecule has 0 spiro atoms. The van der Waals surface area contributed by atoms with Crippen LogP contribution in [0.25, 0.3) is 0 Å². The highest BCUT2D eigenvalue weighted by Gasteiger charge is 2.02. The number of carbonyl (C=O) groups excluding carboxylic acids is 1. The van der Waals surface area contributed by atoms with E-state index >= 15 is 0 Å². The highest BCUT2D eigenvalue weighted by atomic mass is 16.1. The molecule has 1 N–H and O–H groups in total. The molecule has 172 valence electrons. The molecule has 3 nitrogen and oxygen atoms in total. The minimum atomic E-state index is 0.241. The van der Waals surface area contributed by atoms with E-state index in [-0.39, 0.29) is 5.91 Å². The number of hydrogen-bond acceptors (Lipinski definition) is 2. The highest BCUT2D eigenvalue weighted by Crippen LogP contribution is 2.10. The van der Waals surface area contributed by atoms with Crippen LogP contribution in [-0.4, -0.2) is 37.0 Å². The Bertz CT molecular complexity index is 364. The minimum Gasteiger partial charge on any atom is -0.356 e. The van der Waals surface area contributed by atoms with Gasteiger partial charge >= 0.3 is 0 Å². The molecule has 0 saturated carbocycles. The van der Waals surface area contributed by atoms with Crippen molar-refractivity contribution in [2.75, 3.05) is 26.2 Å². The summed E-state index contributed by atoms with van der Waals surface area (Å²) in [7, 11) is 0. The SMILES string of the molecule is CCCCCCCC/C=C\CCCCCCCC(=O)NCCCCN(CC)CC. The quantitative estimate of drug-likeness (QED) is 0.151. The number of nitrogens with zero attached hydrogens (tertiary/aromatic N) is 1. The average Bonchev–Trinajstić information content (AvgIpc) is 2.73. The van der Waals surface area contributed by atoms with Crippen LogP contribution in [0.1, 0.15) is 124 Å². The lowest BCUT2D eigenvalue weighted by Crippen LogP contribution is -2.27. The van der Waals surface area contributed by atoms with Crippen molar-refractivity contribution < 1.29 is 4.79 Å². The summed E-state index contributed by atoms with van der Waals surface area (Å²) in [4.78, 5) is 14.3. The van der Waals surface area contributed by atoms with Gasteiger partial charge in [0.2, 0.25) is 5.91 Å². The predicted octanol–water partition coefficient (Wildman–Crippen LogP) is 7.26. The fourth-order valence-electron chi connectivity index (χ4n) is 3.67. The first-order valence-corrected chi connectivity index (χ1v) is 12.9. The van der Waals surface area contributed by atoms with Crippen LogP contribution in [0.15, 0.2) is 12.2 Å². The summed E-state index contributed by atoms with van der Waals surface area (Å²) >= 11 is 0. The van der Waals surface area contributed by atoms with Crippen LogP contribution in [0.5, 0.6) is 0 Å². The average molecular weight is 409 g/mol. The molecular formula is C26H52N2O. The molecule has 0 atom stereocenters. The molecule has 29 heavy (non-hydrogen) atoms. The Morgan fingerprint density at radius 1 is 0.690 bits per heavy atom. The van der Waals surface area contributed by atoms with E-state index < -0.39 is 0 Å². The van der Waals surface area contributed by atoms with Gasteiger partial charge in [0, 0.05) is 13.0 Å². The van der Waals surface area contributed by atoms with Crippen molar-refractivity contribution in [1.82, 2.24) is 10.2 Å². The number of rotatable bonds is 22. The molecule has 0 fully saturated rings. The molecule has 0 aromatic carbocycles. The molecule has 3 heteroatoms. The molecule has 0 unspecified atom stereocenters. The topological polar surface area (TPSA) is 32.3 Å². The largest absolute Gasteiger partial charge is 0.356 e. The summed E-state index contributed by atoms with van der Waals surface area (Å²) in [5.41, 5.74) is 0. The molecule has 0 rings (SSSR count). The second-order valence-corrected chi connectivity index (χ2v) is 8.42. The van der Waals surface area contributed by atoms with Crippen LogP contribution in [0, 0.1) is 0 Å². The monoisotopic (exact) mass is 408 g/mol. The lowest BCUT2D eigenvalue weighted by atomic mass is 10.1. The zero-order chi connectivity index (χ0) is 21.4. The van der Waals surface area contributed by atoms with Gasteiger partial charge in [0.25, 0.3) is 0 Å². The molecule has 0 radical (unpaired) electrons. The molecule has 0 heterocycles. The standard InChI is InChI=1S/C26H52N2O/c1-4-7-8-9-10-11-12-13-14-15-16-17-18-19-20-23-26(29)27-24-21-22-25-28(5-2)6-3/h13-14H,4-12,15-25H2,1-3H3,(H,27,29)/b14-13-. The predicted molar refractivity (Wildman–Crippen MR) is 129 cm³/mol. The summed E-state index contributed by atoms with van der Waals surface area (Å²) in [5, 5.41) is 3.08. The second kappa shape index (κ2) is 23.4. The first kappa shape index (κ1) is 28.2. The van der Waals surface area contributed by atoms with Gasteiger partial charge in [-0.25, -0.2) is 0 Å². The van der Waals surface area contributed by atoms with Gasteiger partial charge in [-0.15, -0.1) is 0 Å². The molecule has 1 amide bonds. The summed E-state index contributed by atoms with van der Waals surface area (Å²) in [6, 6.07) is 0. The van der Waals surface area contributed by atoms with Crippen LogP contribution in [0.4, 0.5) is 0 Å². The van der Waals surface area contributed by atoms with Crippen molar-refractivity contribution in [3.8, 4) is 0 Å². The maximum absolute atomic E-state index is 11.9. The Balaban J connectivity index is 3.27. The van der Waals surface area contributed by atoms with Gasteiger partial charge in [-0.2, -0.15) is 0 Å². The smallest absolute Gasteiger partial charge is 0.219 e. The van der Waals surface area contributed by atoms with E-state index in [4.69, 9.17) is 0 Å². The Kier molecular flexibility index (Phi) is 22.8. The Labute approximate surface area is 183 Å². The number of unbranched alkanes of at least 4 members (excludes halogenated alkanes) is 12. The zero-order valence-corrected chi connectivity index (χ0v) is 20.2. The third-order valence-corrected chi connectivity index (χ3v) is 5.78. The van der Waals surface area contributed by atoms with E-state index in [1.54, 1.807) is 0 Å². The van der Waals surface area contributed by atoms with Gasteiger partial charge in [-0.05, 0) is 64.6 Å². The summed E-state index contributed by atoms with van der Waals surface area (Å²) < 4.78 is 0. The second-order valence-electron chi connectivity index (χ2n) is 8.42. The van der Waals surface area contributed by atoms with E-state index in [0.717, 1.165) is 39.0 Å². The lowest BCUT2D eigenvalue weighted by molar-refractivity contribution is -0.121. The van der Waals surface area contributed by atoms with Gasteiger partial charge < -0.3 is 10.2 Å². The van der Waals surface area contributed by atoms with Crippen molar-refractivity contribution in [2.24, 2.45) is 0 Å². The third kappa shape index (κ3) is 21.7. The Hall–Kier alpha value is -0.830. The normalized spacial score (nSPS) is 11.6.